The topological polar surface area (TPSA) is 60.9 Å². The van der Waals surface area contributed by atoms with E-state index < -0.39 is 0 Å². The molecule has 3 aromatic rings. The highest BCUT2D eigenvalue weighted by molar-refractivity contribution is 5.89. The SMILES string of the molecule is Cc1cc([C@@H](C)N)c2cc3n(c(=O)c2c1)CCc1ncccc1-3. The van der Waals surface area contributed by atoms with Crippen LogP contribution in [0.2, 0.25) is 0 Å². The number of aromatic nitrogens is 2. The fourth-order valence-electron chi connectivity index (χ4n) is 3.54. The number of rotatable bonds is 1. The smallest absolute Gasteiger partial charge is 0.258 e. The second kappa shape index (κ2) is 5.03. The van der Waals surface area contributed by atoms with Crippen LogP contribution in [-0.4, -0.2) is 9.55 Å². The third-order valence-corrected chi connectivity index (χ3v) is 4.63. The van der Waals surface area contributed by atoms with Gasteiger partial charge in [-0.2, -0.15) is 0 Å². The third-order valence-electron chi connectivity index (χ3n) is 4.63. The lowest BCUT2D eigenvalue weighted by Gasteiger charge is -2.22. The van der Waals surface area contributed by atoms with E-state index in [1.54, 1.807) is 0 Å². The summed E-state index contributed by atoms with van der Waals surface area (Å²) in [7, 11) is 0. The van der Waals surface area contributed by atoms with Crippen molar-refractivity contribution in [2.75, 3.05) is 0 Å². The first-order valence-corrected chi connectivity index (χ1v) is 7.94. The van der Waals surface area contributed by atoms with Crippen molar-refractivity contribution in [1.82, 2.24) is 9.55 Å². The molecule has 0 saturated carbocycles. The Morgan fingerprint density at radius 3 is 2.87 bits per heavy atom. The van der Waals surface area contributed by atoms with Crippen LogP contribution in [0.25, 0.3) is 22.0 Å². The molecule has 4 rings (SSSR count). The van der Waals surface area contributed by atoms with E-state index in [9.17, 15) is 4.79 Å². The second-order valence-electron chi connectivity index (χ2n) is 6.34. The largest absolute Gasteiger partial charge is 0.324 e. The molecule has 2 N–H and O–H groups in total. The number of pyridine rings is 2. The molecule has 0 fully saturated rings. The molecule has 0 saturated heterocycles. The van der Waals surface area contributed by atoms with Crippen molar-refractivity contribution in [3.8, 4) is 11.3 Å². The van der Waals surface area contributed by atoms with Crippen LogP contribution in [0.4, 0.5) is 0 Å². The molecule has 0 bridgehead atoms. The van der Waals surface area contributed by atoms with E-state index in [0.29, 0.717) is 6.54 Å². The standard InChI is InChI=1S/C19H19N3O/c1-11-8-14(12(2)20)15-10-18-13-4-3-6-21-17(13)5-7-22(18)19(23)16(15)9-11/h3-4,6,8-10,12H,5,7,20H2,1-2H3/t12-/m1/s1. The highest BCUT2D eigenvalue weighted by atomic mass is 16.1. The maximum atomic E-state index is 13.0. The molecule has 1 aliphatic heterocycles. The fraction of sp³-hybridized carbons (Fsp3) is 0.263. The molecule has 4 heteroatoms. The summed E-state index contributed by atoms with van der Waals surface area (Å²) in [6.45, 7) is 4.64. The summed E-state index contributed by atoms with van der Waals surface area (Å²) >= 11 is 0. The maximum Gasteiger partial charge on any atom is 0.258 e. The summed E-state index contributed by atoms with van der Waals surface area (Å²) in [4.78, 5) is 17.5. The molecule has 3 heterocycles. The zero-order valence-corrected chi connectivity index (χ0v) is 13.3. The molecule has 116 valence electrons. The summed E-state index contributed by atoms with van der Waals surface area (Å²) in [5, 5.41) is 1.71. The van der Waals surface area contributed by atoms with Crippen molar-refractivity contribution in [1.29, 1.82) is 0 Å². The normalized spacial score (nSPS) is 14.4. The van der Waals surface area contributed by atoms with Crippen LogP contribution >= 0.6 is 0 Å². The average molecular weight is 305 g/mol. The zero-order valence-electron chi connectivity index (χ0n) is 13.3. The Labute approximate surface area is 134 Å². The predicted molar refractivity (Wildman–Crippen MR) is 92.5 cm³/mol. The van der Waals surface area contributed by atoms with Crippen LogP contribution < -0.4 is 11.3 Å². The van der Waals surface area contributed by atoms with Crippen LogP contribution in [0.3, 0.4) is 0 Å². The van der Waals surface area contributed by atoms with Gasteiger partial charge in [0.05, 0.1) is 11.4 Å². The molecule has 2 aromatic heterocycles. The Balaban J connectivity index is 2.14. The predicted octanol–water partition coefficient (Wildman–Crippen LogP) is 2.95. The lowest BCUT2D eigenvalue weighted by molar-refractivity contribution is 0.652. The summed E-state index contributed by atoms with van der Waals surface area (Å²) in [6, 6.07) is 10.0. The van der Waals surface area contributed by atoms with Gasteiger partial charge in [-0.05, 0) is 54.6 Å². The molecule has 4 nitrogen and oxygen atoms in total. The summed E-state index contributed by atoms with van der Waals surface area (Å²) in [5.74, 6) is 0. The number of benzene rings is 1. The third kappa shape index (κ3) is 2.10. The Morgan fingerprint density at radius 2 is 2.09 bits per heavy atom. The summed E-state index contributed by atoms with van der Waals surface area (Å²) < 4.78 is 1.87. The van der Waals surface area contributed by atoms with Crippen molar-refractivity contribution >= 4 is 10.8 Å². The molecular weight excluding hydrogens is 286 g/mol. The van der Waals surface area contributed by atoms with E-state index in [2.05, 4.69) is 17.1 Å². The molecule has 1 aliphatic rings. The van der Waals surface area contributed by atoms with Gasteiger partial charge in [0.15, 0.2) is 0 Å². The minimum atomic E-state index is -0.114. The van der Waals surface area contributed by atoms with Crippen molar-refractivity contribution in [3.05, 3.63) is 63.7 Å². The molecule has 0 radical (unpaired) electrons. The summed E-state index contributed by atoms with van der Waals surface area (Å²) in [6.07, 6.45) is 2.60. The molecule has 0 unspecified atom stereocenters. The van der Waals surface area contributed by atoms with E-state index >= 15 is 0 Å². The van der Waals surface area contributed by atoms with Gasteiger partial charge in [0.2, 0.25) is 0 Å². The van der Waals surface area contributed by atoms with Gasteiger partial charge < -0.3 is 10.3 Å². The second-order valence-corrected chi connectivity index (χ2v) is 6.34. The van der Waals surface area contributed by atoms with Gasteiger partial charge in [0.25, 0.3) is 5.56 Å². The Kier molecular flexibility index (Phi) is 3.10. The number of aryl methyl sites for hydroxylation is 2. The number of fused-ring (bicyclic) bond motifs is 4. The van der Waals surface area contributed by atoms with Gasteiger partial charge >= 0.3 is 0 Å². The van der Waals surface area contributed by atoms with Gasteiger partial charge in [-0.25, -0.2) is 0 Å². The van der Waals surface area contributed by atoms with E-state index in [-0.39, 0.29) is 11.6 Å². The minimum Gasteiger partial charge on any atom is -0.324 e. The lowest BCUT2D eigenvalue weighted by atomic mass is 9.94. The highest BCUT2D eigenvalue weighted by Crippen LogP contribution is 2.31. The molecule has 0 amide bonds. The highest BCUT2D eigenvalue weighted by Gasteiger charge is 2.20. The molecule has 23 heavy (non-hydrogen) atoms. The van der Waals surface area contributed by atoms with E-state index in [1.165, 1.54) is 0 Å². The van der Waals surface area contributed by atoms with Crippen LogP contribution in [-0.2, 0) is 13.0 Å². The summed E-state index contributed by atoms with van der Waals surface area (Å²) in [5.41, 5.74) is 11.4. The average Bonchev–Trinajstić information content (AvgIpc) is 2.55. The lowest BCUT2D eigenvalue weighted by Crippen LogP contribution is -2.27. The Hall–Kier alpha value is -2.46. The quantitative estimate of drug-likeness (QED) is 0.752. The Bertz CT molecular complexity index is 986. The molecule has 1 aromatic carbocycles. The monoisotopic (exact) mass is 305 g/mol. The van der Waals surface area contributed by atoms with E-state index in [1.807, 2.05) is 42.8 Å². The number of hydrogen-bond donors (Lipinski definition) is 1. The molecule has 1 atom stereocenters. The minimum absolute atomic E-state index is 0.0672. The molecule has 0 spiro atoms. The van der Waals surface area contributed by atoms with Gasteiger partial charge in [-0.15, -0.1) is 0 Å². The number of hydrogen-bond acceptors (Lipinski definition) is 3. The first-order valence-electron chi connectivity index (χ1n) is 7.94. The maximum absolute atomic E-state index is 13.0. The van der Waals surface area contributed by atoms with Crippen LogP contribution in [0, 0.1) is 6.92 Å². The fourth-order valence-corrected chi connectivity index (χ4v) is 3.54. The van der Waals surface area contributed by atoms with E-state index in [0.717, 1.165) is 45.3 Å². The first-order chi connectivity index (χ1) is 11.1. The van der Waals surface area contributed by atoms with Crippen molar-refractivity contribution < 1.29 is 0 Å². The van der Waals surface area contributed by atoms with Crippen molar-refractivity contribution in [3.63, 3.8) is 0 Å². The molecular formula is C19H19N3O. The van der Waals surface area contributed by atoms with Gasteiger partial charge in [-0.1, -0.05) is 6.07 Å². The van der Waals surface area contributed by atoms with Crippen LogP contribution in [0.5, 0.6) is 0 Å². The van der Waals surface area contributed by atoms with Gasteiger partial charge in [-0.3, -0.25) is 9.78 Å². The van der Waals surface area contributed by atoms with Crippen molar-refractivity contribution in [2.24, 2.45) is 5.73 Å². The molecule has 0 aliphatic carbocycles. The van der Waals surface area contributed by atoms with Crippen LogP contribution in [0.1, 0.15) is 29.8 Å². The number of nitrogens with zero attached hydrogens (tertiary/aromatic N) is 2. The van der Waals surface area contributed by atoms with Crippen molar-refractivity contribution in [2.45, 2.75) is 32.9 Å². The Morgan fingerprint density at radius 1 is 1.26 bits per heavy atom. The van der Waals surface area contributed by atoms with Gasteiger partial charge in [0.1, 0.15) is 0 Å². The zero-order chi connectivity index (χ0) is 16.1. The van der Waals surface area contributed by atoms with Gasteiger partial charge in [0, 0.05) is 36.2 Å². The first kappa shape index (κ1) is 14.2. The van der Waals surface area contributed by atoms with E-state index in [4.69, 9.17) is 5.73 Å². The van der Waals surface area contributed by atoms with Crippen LogP contribution in [0.15, 0.2) is 41.3 Å². The number of nitrogens with two attached hydrogens (primary N) is 1.